The van der Waals surface area contributed by atoms with Crippen molar-refractivity contribution in [3.05, 3.63) is 69.3 Å². The number of aliphatic hydroxyl groups is 5. The normalized spacial score (nSPS) is 50.9. The standard InChI is InChI=1S/C63H79NO8/c1-34(35-10-3-4-11-35)37-16-18-48-56(68)59-23-19-41(57(59)20-7-8-21-57)25-38-15-17-43-47-31-58-22-6-5-12-36-13-9-14-39(32-65)44(36)27-49(64-2)45-26-40(52(58)46-28-50(67)72-53(45)46)29-62(58,70)61(69)30-42(24-37)63(48,71)60(33-66,54(47)61)55(59)51(38)43/h9,13-14,17,28,33-35,37,40-42,45,47-49,52-56,64-65,68-71H,3-4,6-8,10-11,15-16,18-27,29-32H2,1-2H3. The summed E-state index contributed by atoms with van der Waals surface area (Å²) in [6.45, 7) is 2.34. The highest BCUT2D eigenvalue weighted by Crippen LogP contribution is 2.88. The average molecular weight is 978 g/mol. The number of nitrogens with one attached hydrogen (secondary N) is 1. The van der Waals surface area contributed by atoms with Gasteiger partial charge in [0.15, 0.2) is 0 Å². The molecule has 9 heteroatoms. The number of likely N-dealkylation sites (N-methyl/N-ethyl adjacent to an activating group) is 1. The molecule has 0 radical (unpaired) electrons. The zero-order valence-electron chi connectivity index (χ0n) is 42.8. The van der Waals surface area contributed by atoms with E-state index >= 15 is 15.0 Å². The number of ether oxygens (including phenoxy) is 1. The van der Waals surface area contributed by atoms with Crippen molar-refractivity contribution in [1.82, 2.24) is 5.32 Å². The molecule has 1 aromatic rings. The fourth-order valence-electron chi connectivity index (χ4n) is 24.4. The molecule has 16 rings (SSSR count). The monoisotopic (exact) mass is 978 g/mol. The van der Waals surface area contributed by atoms with Crippen LogP contribution in [0.5, 0.6) is 0 Å². The van der Waals surface area contributed by atoms with E-state index in [1.807, 2.05) is 25.2 Å². The van der Waals surface area contributed by atoms with Crippen molar-refractivity contribution < 1.29 is 39.9 Å². The van der Waals surface area contributed by atoms with Crippen LogP contribution in [-0.4, -0.2) is 79.9 Å². The van der Waals surface area contributed by atoms with Crippen molar-refractivity contribution in [2.45, 2.75) is 190 Å². The van der Waals surface area contributed by atoms with Crippen LogP contribution in [0.15, 0.2) is 52.6 Å². The van der Waals surface area contributed by atoms with Crippen molar-refractivity contribution in [3.8, 4) is 11.8 Å². The molecule has 10 saturated carbocycles. The number of aliphatic hydroxyl groups excluding tert-OH is 2. The van der Waals surface area contributed by atoms with Crippen LogP contribution >= 0.6 is 0 Å². The summed E-state index contributed by atoms with van der Waals surface area (Å²) in [4.78, 5) is 29.9. The summed E-state index contributed by atoms with van der Waals surface area (Å²) >= 11 is 0. The van der Waals surface area contributed by atoms with Gasteiger partial charge < -0.3 is 40.4 Å². The predicted octanol–water partition coefficient (Wildman–Crippen LogP) is 8.22. The van der Waals surface area contributed by atoms with E-state index in [1.165, 1.54) is 48.7 Å². The van der Waals surface area contributed by atoms with Gasteiger partial charge in [0, 0.05) is 58.6 Å². The fourth-order valence-corrected chi connectivity index (χ4v) is 24.4. The van der Waals surface area contributed by atoms with Gasteiger partial charge in [-0.15, -0.1) is 0 Å². The number of esters is 1. The predicted molar refractivity (Wildman–Crippen MR) is 270 cm³/mol. The van der Waals surface area contributed by atoms with E-state index in [2.05, 4.69) is 30.2 Å². The van der Waals surface area contributed by atoms with Gasteiger partial charge in [0.1, 0.15) is 18.0 Å². The van der Waals surface area contributed by atoms with Crippen molar-refractivity contribution in [2.75, 3.05) is 7.05 Å². The first-order valence-electron chi connectivity index (χ1n) is 29.3. The van der Waals surface area contributed by atoms with Crippen molar-refractivity contribution in [2.24, 2.45) is 92.7 Å². The highest BCUT2D eigenvalue weighted by Gasteiger charge is 2.91. The van der Waals surface area contributed by atoms with E-state index in [-0.39, 0.29) is 60.0 Å². The fraction of sp³-hybridized carbons (Fsp3) is 0.746. The first kappa shape index (κ1) is 46.2. The zero-order chi connectivity index (χ0) is 49.1. The lowest BCUT2D eigenvalue weighted by Gasteiger charge is -2.80. The highest BCUT2D eigenvalue weighted by molar-refractivity contribution is 5.86. The molecule has 20 atom stereocenters. The third kappa shape index (κ3) is 5.09. The minimum atomic E-state index is -1.78. The van der Waals surface area contributed by atoms with Crippen LogP contribution in [0.2, 0.25) is 0 Å². The van der Waals surface area contributed by atoms with Crippen LogP contribution in [0.1, 0.15) is 158 Å². The molecule has 1 heterocycles. The minimum Gasteiger partial charge on any atom is -0.454 e. The van der Waals surface area contributed by atoms with E-state index < -0.39 is 68.9 Å². The molecule has 1 aliphatic heterocycles. The highest BCUT2D eigenvalue weighted by atomic mass is 16.5. The number of hydrogen-bond acceptors (Lipinski definition) is 9. The Morgan fingerprint density at radius 2 is 1.74 bits per heavy atom. The number of hydrogen-bond donors (Lipinski definition) is 6. The van der Waals surface area contributed by atoms with E-state index in [0.29, 0.717) is 69.1 Å². The molecule has 0 saturated heterocycles. The molecular weight excluding hydrogens is 899 g/mol. The second-order valence-electron chi connectivity index (χ2n) is 27.5. The summed E-state index contributed by atoms with van der Waals surface area (Å²) in [5, 5.41) is 73.7. The SMILES string of the molecule is CNC1Cc2c(cccc2CO)C#CCCC23CC4C5=CCC6=C5C5C7(C=O)C4C(O)(CC4CC(C(C)C8CCCC8)CCC(C(O)C58CCC(C6)C85CCCC5)C47O)C2(O)CC2CC1C1OC(=O)C=C1C23. The summed E-state index contributed by atoms with van der Waals surface area (Å²) in [5.74, 6) is 5.47. The van der Waals surface area contributed by atoms with Gasteiger partial charge in [0.2, 0.25) is 0 Å². The first-order chi connectivity index (χ1) is 34.8. The number of carbonyl (C=O) groups is 2. The van der Waals surface area contributed by atoms with Crippen LogP contribution in [-0.2, 0) is 27.4 Å². The molecule has 3 spiro atoms. The third-order valence-electron chi connectivity index (χ3n) is 26.4. The quantitative estimate of drug-likeness (QED) is 0.0973. The molecule has 14 aliphatic carbocycles. The molecule has 0 aromatic heterocycles. The van der Waals surface area contributed by atoms with Gasteiger partial charge in [-0.25, -0.2) is 4.79 Å². The van der Waals surface area contributed by atoms with Gasteiger partial charge >= 0.3 is 5.97 Å². The van der Waals surface area contributed by atoms with Crippen LogP contribution in [0.3, 0.4) is 0 Å². The van der Waals surface area contributed by atoms with Gasteiger partial charge in [-0.3, -0.25) is 0 Å². The zero-order valence-corrected chi connectivity index (χ0v) is 42.8. The summed E-state index contributed by atoms with van der Waals surface area (Å²) in [5.41, 5.74) is -0.612. The molecule has 20 unspecified atom stereocenters. The second-order valence-corrected chi connectivity index (χ2v) is 27.5. The van der Waals surface area contributed by atoms with Crippen LogP contribution in [0.4, 0.5) is 0 Å². The summed E-state index contributed by atoms with van der Waals surface area (Å²) < 4.78 is 6.48. The molecule has 9 nitrogen and oxygen atoms in total. The third-order valence-corrected chi connectivity index (χ3v) is 26.4. The van der Waals surface area contributed by atoms with Crippen molar-refractivity contribution in [3.63, 3.8) is 0 Å². The largest absolute Gasteiger partial charge is 0.454 e. The lowest BCUT2D eigenvalue weighted by atomic mass is 9.25. The second kappa shape index (κ2) is 15.3. The molecule has 6 bridgehead atoms. The topological polar surface area (TPSA) is 157 Å². The number of allylic oxidation sites excluding steroid dienone is 4. The molecule has 15 aliphatic rings. The Kier molecular flexibility index (Phi) is 9.83. The number of fused-ring (bicyclic) bond motifs is 5. The maximum absolute atomic E-state index is 15.9. The van der Waals surface area contributed by atoms with E-state index in [1.54, 1.807) is 6.08 Å². The van der Waals surface area contributed by atoms with Crippen molar-refractivity contribution >= 4 is 12.3 Å². The molecule has 72 heavy (non-hydrogen) atoms. The molecule has 384 valence electrons. The maximum Gasteiger partial charge on any atom is 0.331 e. The molecule has 10 fully saturated rings. The average Bonchev–Trinajstić information content (AvgIpc) is 4.24. The number of benzene rings is 1. The number of aldehydes is 1. The van der Waals surface area contributed by atoms with Gasteiger partial charge in [0.05, 0.1) is 29.3 Å². The van der Waals surface area contributed by atoms with Gasteiger partial charge in [0.25, 0.3) is 0 Å². The van der Waals surface area contributed by atoms with Gasteiger partial charge in [-0.1, -0.05) is 81.1 Å². The van der Waals surface area contributed by atoms with Gasteiger partial charge in [-0.05, 0) is 190 Å². The first-order valence-corrected chi connectivity index (χ1v) is 29.3. The Bertz CT molecular complexity index is 2700. The number of rotatable bonds is 5. The lowest BCUT2D eigenvalue weighted by Crippen LogP contribution is -2.87. The van der Waals surface area contributed by atoms with Crippen LogP contribution in [0, 0.1) is 105 Å². The Balaban J connectivity index is 0.986. The molecule has 0 amide bonds. The Hall–Kier alpha value is -3.10. The summed E-state index contributed by atoms with van der Waals surface area (Å²) in [6.07, 6.45) is 22.5. The molecular formula is C63H79NO8. The Morgan fingerprint density at radius 1 is 0.917 bits per heavy atom. The smallest absolute Gasteiger partial charge is 0.331 e. The Labute approximate surface area is 426 Å². The molecule has 6 N–H and O–H groups in total. The van der Waals surface area contributed by atoms with Crippen LogP contribution < -0.4 is 5.32 Å². The Morgan fingerprint density at radius 3 is 2.51 bits per heavy atom. The molecule has 1 aromatic carbocycles. The summed E-state index contributed by atoms with van der Waals surface area (Å²) in [6, 6.07) is 5.84. The minimum absolute atomic E-state index is 0.0991. The number of carbonyl (C=O) groups excluding carboxylic acids is 2. The lowest BCUT2D eigenvalue weighted by molar-refractivity contribution is -0.384. The van der Waals surface area contributed by atoms with Gasteiger partial charge in [-0.2, -0.15) is 0 Å². The van der Waals surface area contributed by atoms with E-state index in [0.717, 1.165) is 80.1 Å². The maximum atomic E-state index is 15.9. The van der Waals surface area contributed by atoms with E-state index in [4.69, 9.17) is 4.74 Å². The summed E-state index contributed by atoms with van der Waals surface area (Å²) in [7, 11) is 1.97. The van der Waals surface area contributed by atoms with E-state index in [9.17, 15) is 20.1 Å². The van der Waals surface area contributed by atoms with Crippen molar-refractivity contribution in [1.29, 1.82) is 0 Å². The van der Waals surface area contributed by atoms with Crippen LogP contribution in [0.25, 0.3) is 0 Å².